The lowest BCUT2D eigenvalue weighted by molar-refractivity contribution is -0.148. The monoisotopic (exact) mass is 1610 g/mol. The zero-order valence-corrected chi connectivity index (χ0v) is 66.4. The predicted molar refractivity (Wildman–Crippen MR) is 418 cm³/mol. The number of rotatable bonds is 57. The molecule has 0 bridgehead atoms. The average Bonchev–Trinajstić information content (AvgIpc) is 1.67. The van der Waals surface area contributed by atoms with Crippen LogP contribution < -0.4 is 93.9 Å². The van der Waals surface area contributed by atoms with Gasteiger partial charge < -0.3 is 137 Å². The second-order valence-corrected chi connectivity index (χ2v) is 28.8. The van der Waals surface area contributed by atoms with E-state index in [1.807, 2.05) is 6.92 Å². The molecule has 41 heteroatoms. The van der Waals surface area contributed by atoms with Crippen molar-refractivity contribution in [1.82, 2.24) is 67.6 Å². The van der Waals surface area contributed by atoms with Crippen LogP contribution in [-0.4, -0.2) is 316 Å². The van der Waals surface area contributed by atoms with Gasteiger partial charge in [-0.3, -0.25) is 67.5 Å². The highest BCUT2D eigenvalue weighted by Crippen LogP contribution is 2.29. The van der Waals surface area contributed by atoms with Crippen molar-refractivity contribution in [1.29, 1.82) is 0 Å². The molecule has 0 aromatic heterocycles. The maximum Gasteiger partial charge on any atom is 0.246 e. The lowest BCUT2D eigenvalue weighted by Gasteiger charge is -2.33. The summed E-state index contributed by atoms with van der Waals surface area (Å²) < 4.78 is 16.7. The number of hydrogen-bond donors (Lipinski definition) is 19. The Balaban J connectivity index is 1.50. The Morgan fingerprint density at radius 3 is 1.24 bits per heavy atom. The van der Waals surface area contributed by atoms with Gasteiger partial charge in [0.05, 0.1) is 51.8 Å². The molecule has 0 aromatic carbocycles. The van der Waals surface area contributed by atoms with Crippen molar-refractivity contribution < 1.29 is 86.8 Å². The van der Waals surface area contributed by atoms with Gasteiger partial charge in [-0.25, -0.2) is 5.48 Å². The van der Waals surface area contributed by atoms with E-state index in [2.05, 4.69) is 58.0 Å². The van der Waals surface area contributed by atoms with E-state index in [9.17, 15) is 67.7 Å². The highest BCUT2D eigenvalue weighted by Gasteiger charge is 2.47. The van der Waals surface area contributed by atoms with Gasteiger partial charge in [-0.1, -0.05) is 0 Å². The van der Waals surface area contributed by atoms with Crippen molar-refractivity contribution in [2.75, 3.05) is 125 Å². The molecule has 27 N–H and O–H groups in total. The van der Waals surface area contributed by atoms with Gasteiger partial charge in [0.2, 0.25) is 70.9 Å². The van der Waals surface area contributed by atoms with Gasteiger partial charge in [-0.15, -0.1) is 0 Å². The average molecular weight is 1610 g/mol. The number of amides is 12. The number of aliphatic hydroxyl groups is 2. The number of nitrogens with zero attached hydrogens (tertiary/aromatic N) is 6. The first-order valence-corrected chi connectivity index (χ1v) is 40.2. The predicted octanol–water partition coefficient (Wildman–Crippen LogP) is -6.95. The molecule has 4 aliphatic heterocycles. The molecule has 0 saturated carbocycles. The quantitative estimate of drug-likeness (QED) is 0.0116. The van der Waals surface area contributed by atoms with Crippen molar-refractivity contribution in [3.8, 4) is 0 Å². The van der Waals surface area contributed by atoms with E-state index < -0.39 is 156 Å². The molecule has 4 saturated heterocycles. The molecule has 41 nitrogen and oxygen atoms in total. The Morgan fingerprint density at radius 2 is 0.796 bits per heavy atom. The van der Waals surface area contributed by atoms with Crippen LogP contribution in [0.25, 0.3) is 0 Å². The molecule has 0 aromatic rings. The third-order valence-electron chi connectivity index (χ3n) is 19.9. The van der Waals surface area contributed by atoms with Crippen LogP contribution in [0, 0.1) is 0 Å². The van der Waals surface area contributed by atoms with Gasteiger partial charge in [-0.2, -0.15) is 0 Å². The standard InChI is InChI=1S/C72H133N23O18/c1-4-113-86-34-18-40-111-42-44-112-43-41-110-39-17-33-81-57(98)45-85-61(100)48(87-62(101)50(23-12-32-84-72(79)80)89-64(103)54-25-14-36-93(54)70(109)56-27-16-38-95(56)68(107)52(21-6-9-29-74)91-66(105)59(76)47(3)97)19-7-10-30-82-60(99)49(22-11-31-83-71(77)78)88-63(102)53-24-13-35-92(53)69(108)55-26-15-37-94(55)67(106)51(20-5-8-28-73)90-65(104)58(75)46(2)96/h46-56,58-59,86,96-97H,4-45,73-76H2,1-3H3,(H,81,98)(H,82,99)(H,85,100)(H,87,101)(H,88,102)(H,89,103)(H,90,104)(H,91,105)(H4,77,78,83)(H4,79,80,84)/t46-,47-,48?,49?,50?,51?,52?,53?,54?,55?,56?,58?,59?/m1/s1. The molecule has 113 heavy (non-hydrogen) atoms. The number of nitrogens with one attached hydrogen (secondary N) is 9. The number of carbonyl (C=O) groups is 12. The number of hydroxylamine groups is 1. The molecule has 0 spiro atoms. The number of guanidine groups is 2. The Bertz CT molecular complexity index is 3020. The molecular formula is C72H133N23O18. The minimum Gasteiger partial charge on any atom is -0.391 e. The Kier molecular flexibility index (Phi) is 46.8. The Hall–Kier alpha value is -8.26. The van der Waals surface area contributed by atoms with Gasteiger partial charge in [-0.05, 0) is 182 Å². The molecule has 11 unspecified atom stereocenters. The summed E-state index contributed by atoms with van der Waals surface area (Å²) in [6.07, 6.45) is 4.50. The largest absolute Gasteiger partial charge is 0.391 e. The normalized spacial score (nSPS) is 19.1. The topological polar surface area (TPSA) is 636 Å². The fourth-order valence-corrected chi connectivity index (χ4v) is 13.6. The first kappa shape index (κ1) is 97.1. The lowest BCUT2D eigenvalue weighted by atomic mass is 10.0. The van der Waals surface area contributed by atoms with Crippen LogP contribution in [-0.2, 0) is 76.6 Å². The summed E-state index contributed by atoms with van der Waals surface area (Å²) in [4.78, 5) is 188. The number of aliphatic imine (C=N–C) groups is 2. The summed E-state index contributed by atoms with van der Waals surface area (Å²) in [7, 11) is 0. The van der Waals surface area contributed by atoms with Crippen LogP contribution in [0.3, 0.4) is 0 Å². The van der Waals surface area contributed by atoms with Crippen LogP contribution in [0.1, 0.15) is 168 Å². The molecule has 4 fully saturated rings. The van der Waals surface area contributed by atoms with E-state index in [1.165, 1.54) is 33.4 Å². The van der Waals surface area contributed by atoms with Gasteiger partial charge in [0.1, 0.15) is 66.5 Å². The molecule has 13 atom stereocenters. The minimum atomic E-state index is -1.36. The first-order valence-electron chi connectivity index (χ1n) is 40.2. The van der Waals surface area contributed by atoms with Crippen LogP contribution in [0.5, 0.6) is 0 Å². The van der Waals surface area contributed by atoms with E-state index in [0.29, 0.717) is 124 Å². The molecule has 12 amide bonds. The summed E-state index contributed by atoms with van der Waals surface area (Å²) in [6.45, 7) is 9.28. The Morgan fingerprint density at radius 1 is 0.425 bits per heavy atom. The van der Waals surface area contributed by atoms with Crippen molar-refractivity contribution >= 4 is 82.8 Å². The van der Waals surface area contributed by atoms with Crippen molar-refractivity contribution in [3.05, 3.63) is 0 Å². The third kappa shape index (κ3) is 35.2. The van der Waals surface area contributed by atoms with Gasteiger partial charge in [0.15, 0.2) is 11.9 Å². The highest BCUT2D eigenvalue weighted by atomic mass is 16.6. The van der Waals surface area contributed by atoms with Crippen molar-refractivity contribution in [3.63, 3.8) is 0 Å². The van der Waals surface area contributed by atoms with Crippen molar-refractivity contribution in [2.45, 2.75) is 247 Å². The van der Waals surface area contributed by atoms with E-state index in [-0.39, 0.29) is 148 Å². The third-order valence-corrected chi connectivity index (χ3v) is 19.9. The van der Waals surface area contributed by atoms with Crippen LogP contribution in [0.4, 0.5) is 0 Å². The number of carbonyl (C=O) groups excluding carboxylic acids is 12. The smallest absolute Gasteiger partial charge is 0.246 e. The van der Waals surface area contributed by atoms with Gasteiger partial charge >= 0.3 is 0 Å². The number of nitrogens with two attached hydrogens (primary N) is 8. The fourth-order valence-electron chi connectivity index (χ4n) is 13.6. The van der Waals surface area contributed by atoms with E-state index in [1.54, 1.807) is 0 Å². The summed E-state index contributed by atoms with van der Waals surface area (Å²) in [5, 5.41) is 41.9. The first-order chi connectivity index (χ1) is 54.2. The van der Waals surface area contributed by atoms with E-state index in [4.69, 9.17) is 64.9 Å². The van der Waals surface area contributed by atoms with Crippen LogP contribution in [0.15, 0.2) is 9.98 Å². The molecule has 644 valence electrons. The summed E-state index contributed by atoms with van der Waals surface area (Å²) >= 11 is 0. The molecule has 4 rings (SSSR count). The maximum atomic E-state index is 14.7. The van der Waals surface area contributed by atoms with Crippen molar-refractivity contribution in [2.24, 2.45) is 55.9 Å². The molecule has 0 radical (unpaired) electrons. The van der Waals surface area contributed by atoms with Crippen LogP contribution >= 0.6 is 0 Å². The van der Waals surface area contributed by atoms with E-state index >= 15 is 0 Å². The number of hydrogen-bond acceptors (Lipinski definition) is 25. The second-order valence-electron chi connectivity index (χ2n) is 28.8. The number of likely N-dealkylation sites (tertiary alicyclic amines) is 4. The number of unbranched alkanes of at least 4 members (excludes halogenated alkanes) is 3. The number of aliphatic hydroxyl groups excluding tert-OH is 2. The van der Waals surface area contributed by atoms with E-state index in [0.717, 1.165) is 6.42 Å². The molecule has 0 aliphatic carbocycles. The summed E-state index contributed by atoms with van der Waals surface area (Å²) in [5.74, 6) is -8.03. The van der Waals surface area contributed by atoms with Gasteiger partial charge in [0.25, 0.3) is 0 Å². The second kappa shape index (κ2) is 54.5. The molecular weight excluding hydrogens is 1470 g/mol. The Labute approximate surface area is 662 Å². The van der Waals surface area contributed by atoms with Gasteiger partial charge in [0, 0.05) is 72.1 Å². The summed E-state index contributed by atoms with van der Waals surface area (Å²) in [6, 6.07) is -12.8. The number of ether oxygens (including phenoxy) is 3. The zero-order chi connectivity index (χ0) is 83.2. The zero-order valence-electron chi connectivity index (χ0n) is 66.4. The molecule has 4 aliphatic rings. The SMILES string of the molecule is CCONCCCOCCOCCOCCCNC(=O)CNC(=O)C(CCCCNC(=O)C(CCCN=C(N)N)NC(=O)C1CCCN1C(=O)C1CCCN1C(=O)C(CCCCN)NC(=O)C(N)[C@@H](C)O)NC(=O)C(CCCN=C(N)N)NC(=O)C1CCCN1C(=O)C1CCCN1C(=O)C(CCCCN)NC(=O)C(N)[C@@H](C)O. The lowest BCUT2D eigenvalue weighted by Crippen LogP contribution is -2.59. The van der Waals surface area contributed by atoms with Crippen LogP contribution in [0.2, 0.25) is 0 Å². The molecule has 4 heterocycles. The maximum absolute atomic E-state index is 14.7. The summed E-state index contributed by atoms with van der Waals surface area (Å²) in [5.41, 5.74) is 48.6. The minimum absolute atomic E-state index is 0.0144. The highest BCUT2D eigenvalue weighted by molar-refractivity contribution is 5.99. The fraction of sp³-hybridized carbons (Fsp3) is 0.806.